The first-order valence-electron chi connectivity index (χ1n) is 10.1. The van der Waals surface area contributed by atoms with Gasteiger partial charge in [0, 0.05) is 26.7 Å². The molecule has 0 unspecified atom stereocenters. The van der Waals surface area contributed by atoms with E-state index in [1.54, 1.807) is 23.1 Å². The zero-order valence-corrected chi connectivity index (χ0v) is 16.6. The highest BCUT2D eigenvalue weighted by atomic mass is 19.1. The number of anilines is 1. The summed E-state index contributed by atoms with van der Waals surface area (Å²) in [5.74, 6) is -0.400. The van der Waals surface area contributed by atoms with Crippen LogP contribution in [0, 0.1) is 11.2 Å². The minimum absolute atomic E-state index is 0.0119. The molecule has 2 aliphatic rings. The van der Waals surface area contributed by atoms with Crippen molar-refractivity contribution in [1.82, 2.24) is 9.80 Å². The Balaban J connectivity index is 1.43. The molecule has 0 aromatic heterocycles. The highest BCUT2D eigenvalue weighted by molar-refractivity contribution is 5.89. The molecule has 6 heteroatoms. The average Bonchev–Trinajstić information content (AvgIpc) is 2.73. The fourth-order valence-electron chi connectivity index (χ4n) is 4.68. The number of nitrogens with one attached hydrogen (secondary N) is 1. The Kier molecular flexibility index (Phi) is 5.26. The number of carbonyl (C=O) groups excluding carboxylic acids is 2. The Morgan fingerprint density at radius 1 is 1.07 bits per heavy atom. The van der Waals surface area contributed by atoms with Gasteiger partial charge in [0.2, 0.25) is 5.91 Å². The van der Waals surface area contributed by atoms with E-state index in [1.807, 2.05) is 42.3 Å². The van der Waals surface area contributed by atoms with E-state index in [2.05, 4.69) is 5.32 Å². The molecule has 0 radical (unpaired) electrons. The van der Waals surface area contributed by atoms with Crippen LogP contribution < -0.4 is 5.32 Å². The fourth-order valence-corrected chi connectivity index (χ4v) is 4.68. The maximum atomic E-state index is 13.8. The lowest BCUT2D eigenvalue weighted by Gasteiger charge is -2.49. The summed E-state index contributed by atoms with van der Waals surface area (Å²) >= 11 is 0. The number of nitrogens with zero attached hydrogens (tertiary/aromatic N) is 2. The molecule has 0 saturated carbocycles. The van der Waals surface area contributed by atoms with Crippen molar-refractivity contribution in [1.29, 1.82) is 0 Å². The van der Waals surface area contributed by atoms with E-state index in [0.717, 1.165) is 31.4 Å². The van der Waals surface area contributed by atoms with Crippen molar-refractivity contribution < 1.29 is 14.0 Å². The molecule has 3 amide bonds. The van der Waals surface area contributed by atoms with E-state index < -0.39 is 5.82 Å². The summed E-state index contributed by atoms with van der Waals surface area (Å²) in [5, 5.41) is 2.67. The molecule has 152 valence electrons. The van der Waals surface area contributed by atoms with Crippen LogP contribution in [-0.4, -0.2) is 48.4 Å². The van der Waals surface area contributed by atoms with Crippen LogP contribution in [0.5, 0.6) is 0 Å². The monoisotopic (exact) mass is 395 g/mol. The number of likely N-dealkylation sites (N-methyl/N-ethyl adjacent to an activating group) is 1. The molecule has 2 aromatic carbocycles. The number of benzene rings is 2. The maximum Gasteiger partial charge on any atom is 0.321 e. The van der Waals surface area contributed by atoms with Gasteiger partial charge < -0.3 is 15.1 Å². The zero-order chi connectivity index (χ0) is 20.4. The van der Waals surface area contributed by atoms with Crippen LogP contribution in [-0.2, 0) is 4.79 Å². The van der Waals surface area contributed by atoms with Crippen LogP contribution in [0.3, 0.4) is 0 Å². The molecule has 2 aliphatic heterocycles. The van der Waals surface area contributed by atoms with Gasteiger partial charge in [-0.1, -0.05) is 42.5 Å². The molecule has 2 fully saturated rings. The van der Waals surface area contributed by atoms with Gasteiger partial charge in [-0.15, -0.1) is 0 Å². The number of rotatable bonds is 2. The molecule has 1 N–H and O–H groups in total. The lowest BCUT2D eigenvalue weighted by molar-refractivity contribution is -0.139. The van der Waals surface area contributed by atoms with Crippen molar-refractivity contribution in [3.8, 4) is 0 Å². The number of piperidine rings is 2. The molecule has 0 bridgehead atoms. The molecule has 2 aromatic rings. The third kappa shape index (κ3) is 3.97. The molecule has 0 aliphatic carbocycles. The maximum absolute atomic E-state index is 13.8. The van der Waals surface area contributed by atoms with Gasteiger partial charge in [0.15, 0.2) is 0 Å². The SMILES string of the molecule is CN1CC2(CCN(C(=O)Nc3ccccc3F)CC2)C[C@H](c2ccccc2)C1=O. The predicted molar refractivity (Wildman–Crippen MR) is 110 cm³/mol. The third-order valence-corrected chi connectivity index (χ3v) is 6.31. The smallest absolute Gasteiger partial charge is 0.321 e. The first-order valence-corrected chi connectivity index (χ1v) is 10.1. The van der Waals surface area contributed by atoms with Gasteiger partial charge >= 0.3 is 6.03 Å². The van der Waals surface area contributed by atoms with Crippen LogP contribution in [0.15, 0.2) is 54.6 Å². The molecule has 2 saturated heterocycles. The van der Waals surface area contributed by atoms with Crippen molar-refractivity contribution in [3.63, 3.8) is 0 Å². The molecular weight excluding hydrogens is 369 g/mol. The first kappa shape index (κ1) is 19.4. The largest absolute Gasteiger partial charge is 0.345 e. The average molecular weight is 395 g/mol. The van der Waals surface area contributed by atoms with E-state index in [-0.39, 0.29) is 29.0 Å². The van der Waals surface area contributed by atoms with Gasteiger partial charge in [-0.3, -0.25) is 4.79 Å². The molecule has 1 atom stereocenters. The van der Waals surface area contributed by atoms with Gasteiger partial charge in [-0.25, -0.2) is 9.18 Å². The second-order valence-corrected chi connectivity index (χ2v) is 8.26. The van der Waals surface area contributed by atoms with Crippen LogP contribution in [0.1, 0.15) is 30.7 Å². The van der Waals surface area contributed by atoms with Crippen LogP contribution in [0.4, 0.5) is 14.9 Å². The summed E-state index contributed by atoms with van der Waals surface area (Å²) in [5.41, 5.74) is 1.27. The van der Waals surface area contributed by atoms with Crippen molar-refractivity contribution >= 4 is 17.6 Å². The van der Waals surface area contributed by atoms with Crippen molar-refractivity contribution in [2.45, 2.75) is 25.2 Å². The number of hydrogen-bond donors (Lipinski definition) is 1. The van der Waals surface area contributed by atoms with E-state index in [1.165, 1.54) is 6.07 Å². The number of amides is 3. The second kappa shape index (κ2) is 7.85. The molecule has 4 rings (SSSR count). The first-order chi connectivity index (χ1) is 14.0. The van der Waals surface area contributed by atoms with Gasteiger partial charge in [-0.05, 0) is 42.4 Å². The van der Waals surface area contributed by atoms with Crippen LogP contribution in [0.25, 0.3) is 0 Å². The lowest BCUT2D eigenvalue weighted by Crippen LogP contribution is -2.54. The normalized spacial score (nSPS) is 21.3. The number of para-hydroxylation sites is 1. The van der Waals surface area contributed by atoms with Crippen molar-refractivity contribution in [3.05, 3.63) is 66.0 Å². The standard InChI is InChI=1S/C23H26FN3O2/c1-26-16-23(15-18(21(26)28)17-7-3-2-4-8-17)11-13-27(14-12-23)22(29)25-20-10-6-5-9-19(20)24/h2-10,18H,11-16H2,1H3,(H,25,29)/t18-/m1/s1. The summed E-state index contributed by atoms with van der Waals surface area (Å²) in [6.07, 6.45) is 2.47. The predicted octanol–water partition coefficient (Wildman–Crippen LogP) is 4.09. The molecule has 5 nitrogen and oxygen atoms in total. The highest BCUT2D eigenvalue weighted by Crippen LogP contribution is 2.45. The number of hydrogen-bond acceptors (Lipinski definition) is 2. The summed E-state index contributed by atoms with van der Waals surface area (Å²) < 4.78 is 13.8. The quantitative estimate of drug-likeness (QED) is 0.833. The Bertz CT molecular complexity index is 894. The topological polar surface area (TPSA) is 52.6 Å². The van der Waals surface area contributed by atoms with Gasteiger partial charge in [-0.2, -0.15) is 0 Å². The number of urea groups is 1. The second-order valence-electron chi connectivity index (χ2n) is 8.26. The van der Waals surface area contributed by atoms with E-state index >= 15 is 0 Å². The summed E-state index contributed by atoms with van der Waals surface area (Å²) in [6.45, 7) is 1.92. The van der Waals surface area contributed by atoms with Gasteiger partial charge in [0.25, 0.3) is 0 Å². The Hall–Kier alpha value is -2.89. The summed E-state index contributed by atoms with van der Waals surface area (Å²) in [7, 11) is 1.87. The Labute approximate surface area is 170 Å². The van der Waals surface area contributed by atoms with Gasteiger partial charge in [0.05, 0.1) is 11.6 Å². The van der Waals surface area contributed by atoms with Crippen LogP contribution in [0.2, 0.25) is 0 Å². The van der Waals surface area contributed by atoms with E-state index in [4.69, 9.17) is 0 Å². The zero-order valence-electron chi connectivity index (χ0n) is 16.6. The van der Waals surface area contributed by atoms with E-state index in [9.17, 15) is 14.0 Å². The summed E-state index contributed by atoms with van der Waals surface area (Å²) in [4.78, 5) is 28.9. The van der Waals surface area contributed by atoms with Crippen molar-refractivity contribution in [2.24, 2.45) is 5.41 Å². The molecule has 29 heavy (non-hydrogen) atoms. The van der Waals surface area contributed by atoms with Crippen molar-refractivity contribution in [2.75, 3.05) is 32.0 Å². The number of carbonyl (C=O) groups is 2. The minimum atomic E-state index is -0.438. The lowest BCUT2D eigenvalue weighted by atomic mass is 9.68. The summed E-state index contributed by atoms with van der Waals surface area (Å²) in [6, 6.07) is 15.9. The Morgan fingerprint density at radius 2 is 1.72 bits per heavy atom. The Morgan fingerprint density at radius 3 is 2.41 bits per heavy atom. The minimum Gasteiger partial charge on any atom is -0.345 e. The highest BCUT2D eigenvalue weighted by Gasteiger charge is 2.45. The molecular formula is C23H26FN3O2. The van der Waals surface area contributed by atoms with E-state index in [0.29, 0.717) is 13.1 Å². The van der Waals surface area contributed by atoms with Gasteiger partial charge in [0.1, 0.15) is 5.82 Å². The number of halogens is 1. The third-order valence-electron chi connectivity index (χ3n) is 6.31. The molecule has 1 spiro atoms. The van der Waals surface area contributed by atoms with Crippen LogP contribution >= 0.6 is 0 Å². The fraction of sp³-hybridized carbons (Fsp3) is 0.391. The molecule has 2 heterocycles. The number of likely N-dealkylation sites (tertiary alicyclic amines) is 2.